The van der Waals surface area contributed by atoms with Gasteiger partial charge in [-0.05, 0) is 23.8 Å². The van der Waals surface area contributed by atoms with E-state index in [-0.39, 0.29) is 18.1 Å². The monoisotopic (exact) mass is 405 g/mol. The summed E-state index contributed by atoms with van der Waals surface area (Å²) in [6.45, 7) is 0. The summed E-state index contributed by atoms with van der Waals surface area (Å²) in [5.41, 5.74) is 2.08. The standard InChI is InChI=1S/C18H16FN3O3S2/c1-27(24,25)22-15-8-3-2-5-13(15)10-17(23)21-18-20-16(11-26-18)12-6-4-7-14(19)9-12/h2-9,11,22H,10H2,1H3,(H,20,21,23). The second-order valence-electron chi connectivity index (χ2n) is 5.80. The van der Waals surface area contributed by atoms with E-state index in [9.17, 15) is 17.6 Å². The Hall–Kier alpha value is -2.78. The minimum absolute atomic E-state index is 0.0203. The number of benzene rings is 2. The highest BCUT2D eigenvalue weighted by Gasteiger charge is 2.13. The molecule has 0 aliphatic carbocycles. The molecule has 0 fully saturated rings. The third-order valence-corrected chi connectivity index (χ3v) is 4.88. The SMILES string of the molecule is CS(=O)(=O)Nc1ccccc1CC(=O)Nc1nc(-c2cccc(F)c2)cs1. The second kappa shape index (κ2) is 7.85. The topological polar surface area (TPSA) is 88.2 Å². The summed E-state index contributed by atoms with van der Waals surface area (Å²) in [6.07, 6.45) is 1.03. The van der Waals surface area contributed by atoms with Crippen molar-refractivity contribution in [3.05, 3.63) is 65.3 Å². The number of anilines is 2. The van der Waals surface area contributed by atoms with Crippen LogP contribution in [0.1, 0.15) is 5.56 Å². The van der Waals surface area contributed by atoms with E-state index >= 15 is 0 Å². The number of sulfonamides is 1. The smallest absolute Gasteiger partial charge is 0.230 e. The van der Waals surface area contributed by atoms with Crippen molar-refractivity contribution in [3.8, 4) is 11.3 Å². The van der Waals surface area contributed by atoms with Gasteiger partial charge in [0.2, 0.25) is 15.9 Å². The molecule has 9 heteroatoms. The van der Waals surface area contributed by atoms with E-state index < -0.39 is 10.0 Å². The van der Waals surface area contributed by atoms with Crippen molar-refractivity contribution in [2.75, 3.05) is 16.3 Å². The molecule has 2 aromatic carbocycles. The molecule has 0 unspecified atom stereocenters. The number of hydrogen-bond donors (Lipinski definition) is 2. The molecule has 6 nitrogen and oxygen atoms in total. The molecule has 0 saturated heterocycles. The number of carbonyl (C=O) groups excluding carboxylic acids is 1. The predicted octanol–water partition coefficient (Wildman–Crippen LogP) is 3.50. The average molecular weight is 405 g/mol. The number of rotatable bonds is 6. The van der Waals surface area contributed by atoms with Gasteiger partial charge in [-0.15, -0.1) is 11.3 Å². The number of nitrogens with one attached hydrogen (secondary N) is 2. The molecule has 3 rings (SSSR count). The lowest BCUT2D eigenvalue weighted by atomic mass is 10.1. The van der Waals surface area contributed by atoms with E-state index in [4.69, 9.17) is 0 Å². The maximum atomic E-state index is 13.3. The van der Waals surface area contributed by atoms with Crippen LogP contribution >= 0.6 is 11.3 Å². The molecule has 140 valence electrons. The van der Waals surface area contributed by atoms with Gasteiger partial charge in [0.05, 0.1) is 24.1 Å². The van der Waals surface area contributed by atoms with Crippen LogP contribution in [0.3, 0.4) is 0 Å². The van der Waals surface area contributed by atoms with Gasteiger partial charge in [0.15, 0.2) is 5.13 Å². The Bertz CT molecular complexity index is 1080. The van der Waals surface area contributed by atoms with E-state index in [0.717, 1.165) is 6.26 Å². The number of para-hydroxylation sites is 1. The summed E-state index contributed by atoms with van der Waals surface area (Å²) in [5.74, 6) is -0.695. The minimum Gasteiger partial charge on any atom is -0.302 e. The van der Waals surface area contributed by atoms with Gasteiger partial charge in [-0.1, -0.05) is 30.3 Å². The fraction of sp³-hybridized carbons (Fsp3) is 0.111. The highest BCUT2D eigenvalue weighted by molar-refractivity contribution is 7.92. The molecule has 1 aromatic heterocycles. The Kier molecular flexibility index (Phi) is 5.52. The fourth-order valence-corrected chi connectivity index (χ4v) is 3.76. The molecule has 27 heavy (non-hydrogen) atoms. The van der Waals surface area contributed by atoms with Crippen LogP contribution in [0.5, 0.6) is 0 Å². The van der Waals surface area contributed by atoms with Gasteiger partial charge >= 0.3 is 0 Å². The largest absolute Gasteiger partial charge is 0.302 e. The fourth-order valence-electron chi connectivity index (χ4n) is 2.42. The molecular formula is C18H16FN3O3S2. The van der Waals surface area contributed by atoms with Crippen LogP contribution in [0, 0.1) is 5.82 Å². The zero-order valence-electron chi connectivity index (χ0n) is 14.3. The number of hydrogen-bond acceptors (Lipinski definition) is 5. The Labute approximate surface area is 160 Å². The highest BCUT2D eigenvalue weighted by atomic mass is 32.2. The highest BCUT2D eigenvalue weighted by Crippen LogP contribution is 2.25. The quantitative estimate of drug-likeness (QED) is 0.657. The lowest BCUT2D eigenvalue weighted by Crippen LogP contribution is -2.17. The maximum absolute atomic E-state index is 13.3. The predicted molar refractivity (Wildman–Crippen MR) is 105 cm³/mol. The van der Waals surface area contributed by atoms with Crippen LogP contribution in [0.4, 0.5) is 15.2 Å². The molecule has 0 aliphatic rings. The summed E-state index contributed by atoms with van der Waals surface area (Å²) in [5, 5.41) is 4.79. The first kappa shape index (κ1) is 19.0. The maximum Gasteiger partial charge on any atom is 0.230 e. The summed E-state index contributed by atoms with van der Waals surface area (Å²) < 4.78 is 38.6. The molecule has 0 atom stereocenters. The van der Waals surface area contributed by atoms with Crippen LogP contribution in [0.2, 0.25) is 0 Å². The lowest BCUT2D eigenvalue weighted by Gasteiger charge is -2.10. The molecule has 0 aliphatic heterocycles. The molecular weight excluding hydrogens is 389 g/mol. The van der Waals surface area contributed by atoms with Crippen molar-refractivity contribution in [2.24, 2.45) is 0 Å². The number of thiazole rings is 1. The number of halogens is 1. The molecule has 3 aromatic rings. The summed E-state index contributed by atoms with van der Waals surface area (Å²) in [7, 11) is -3.45. The van der Waals surface area contributed by atoms with Gasteiger partial charge in [0, 0.05) is 10.9 Å². The van der Waals surface area contributed by atoms with E-state index in [2.05, 4.69) is 15.0 Å². The number of amides is 1. The van der Waals surface area contributed by atoms with Crippen molar-refractivity contribution >= 4 is 38.1 Å². The van der Waals surface area contributed by atoms with E-state index in [1.54, 1.807) is 41.8 Å². The van der Waals surface area contributed by atoms with Gasteiger partial charge in [-0.3, -0.25) is 9.52 Å². The average Bonchev–Trinajstić information content (AvgIpc) is 3.04. The Balaban J connectivity index is 1.71. The van der Waals surface area contributed by atoms with Crippen molar-refractivity contribution in [1.29, 1.82) is 0 Å². The van der Waals surface area contributed by atoms with E-state index in [1.807, 2.05) is 0 Å². The van der Waals surface area contributed by atoms with Crippen molar-refractivity contribution in [1.82, 2.24) is 4.98 Å². The molecule has 1 amide bonds. The van der Waals surface area contributed by atoms with Gasteiger partial charge in [0.25, 0.3) is 0 Å². The molecule has 0 saturated carbocycles. The van der Waals surface area contributed by atoms with Crippen LogP contribution in [-0.4, -0.2) is 25.6 Å². The summed E-state index contributed by atoms with van der Waals surface area (Å²) >= 11 is 1.23. The van der Waals surface area contributed by atoms with E-state index in [1.165, 1.54) is 23.5 Å². The number of nitrogens with zero attached hydrogens (tertiary/aromatic N) is 1. The van der Waals surface area contributed by atoms with Gasteiger partial charge in [-0.25, -0.2) is 17.8 Å². The van der Waals surface area contributed by atoms with Crippen molar-refractivity contribution in [2.45, 2.75) is 6.42 Å². The molecule has 1 heterocycles. The minimum atomic E-state index is -3.45. The van der Waals surface area contributed by atoms with Crippen LogP contribution in [0.25, 0.3) is 11.3 Å². The Morgan fingerprint density at radius 2 is 1.96 bits per heavy atom. The summed E-state index contributed by atoms with van der Waals surface area (Å²) in [4.78, 5) is 16.6. The molecule has 0 radical (unpaired) electrons. The number of carbonyl (C=O) groups is 1. The lowest BCUT2D eigenvalue weighted by molar-refractivity contribution is -0.115. The molecule has 0 spiro atoms. The van der Waals surface area contributed by atoms with Gasteiger partial charge < -0.3 is 5.32 Å². The van der Waals surface area contributed by atoms with Crippen molar-refractivity contribution in [3.63, 3.8) is 0 Å². The third kappa shape index (κ3) is 5.35. The molecule has 0 bridgehead atoms. The zero-order chi connectivity index (χ0) is 19.4. The van der Waals surface area contributed by atoms with Crippen LogP contribution in [-0.2, 0) is 21.2 Å². The first-order valence-electron chi connectivity index (χ1n) is 7.87. The Morgan fingerprint density at radius 3 is 2.70 bits per heavy atom. The first-order chi connectivity index (χ1) is 12.8. The van der Waals surface area contributed by atoms with Crippen molar-refractivity contribution < 1.29 is 17.6 Å². The van der Waals surface area contributed by atoms with E-state index in [0.29, 0.717) is 27.6 Å². The number of aromatic nitrogens is 1. The normalized spacial score (nSPS) is 11.2. The van der Waals surface area contributed by atoms with Crippen LogP contribution in [0.15, 0.2) is 53.9 Å². The Morgan fingerprint density at radius 1 is 1.19 bits per heavy atom. The first-order valence-corrected chi connectivity index (χ1v) is 10.6. The summed E-state index contributed by atoms with van der Waals surface area (Å²) in [6, 6.07) is 12.7. The zero-order valence-corrected chi connectivity index (χ0v) is 15.9. The van der Waals surface area contributed by atoms with Crippen LogP contribution < -0.4 is 10.0 Å². The van der Waals surface area contributed by atoms with Gasteiger partial charge in [-0.2, -0.15) is 0 Å². The van der Waals surface area contributed by atoms with Gasteiger partial charge in [0.1, 0.15) is 5.82 Å². The molecule has 2 N–H and O–H groups in total. The second-order valence-corrected chi connectivity index (χ2v) is 8.41. The third-order valence-electron chi connectivity index (χ3n) is 3.53.